The SMILES string of the molecule is CCOc1ccc(N2CCN3C(=O)C(=O)[N+](CC(=O)Nc4ccccc4OCC)=NC32)cc1. The molecule has 0 aliphatic carbocycles. The predicted octanol–water partition coefficient (Wildman–Crippen LogP) is 2.06. The third-order valence-electron chi connectivity index (χ3n) is 5.29. The highest BCUT2D eigenvalue weighted by Crippen LogP contribution is 2.29. The molecule has 2 aromatic rings. The summed E-state index contributed by atoms with van der Waals surface area (Å²) < 4.78 is 11.9. The number of azo groups is 2. The van der Waals surface area contributed by atoms with E-state index in [0.29, 0.717) is 37.7 Å². The van der Waals surface area contributed by atoms with Crippen LogP contribution in [-0.4, -0.2) is 66.5 Å². The zero-order valence-electron chi connectivity index (χ0n) is 18.6. The number of hydrogen-bond donors (Lipinski definition) is 1. The van der Waals surface area contributed by atoms with Gasteiger partial charge in [0.1, 0.15) is 11.5 Å². The topological polar surface area (TPSA) is 104 Å². The Hall–Kier alpha value is -3.95. The molecule has 1 fully saturated rings. The van der Waals surface area contributed by atoms with Crippen LogP contribution in [-0.2, 0) is 14.4 Å². The van der Waals surface area contributed by atoms with Crippen molar-refractivity contribution in [1.82, 2.24) is 4.90 Å². The van der Waals surface area contributed by atoms with Crippen molar-refractivity contribution in [3.05, 3.63) is 48.5 Å². The van der Waals surface area contributed by atoms with E-state index in [2.05, 4.69) is 10.4 Å². The fraction of sp³-hybridized carbons (Fsp3) is 0.348. The van der Waals surface area contributed by atoms with Crippen LogP contribution in [0.2, 0.25) is 0 Å². The number of nitrogens with zero attached hydrogens (tertiary/aromatic N) is 4. The van der Waals surface area contributed by atoms with E-state index in [1.807, 2.05) is 43.0 Å². The number of carbonyl (C=O) groups is 3. The van der Waals surface area contributed by atoms with Crippen LogP contribution in [0.3, 0.4) is 0 Å². The predicted molar refractivity (Wildman–Crippen MR) is 119 cm³/mol. The molecular formula is C23H26N5O5+. The van der Waals surface area contributed by atoms with Crippen LogP contribution >= 0.6 is 0 Å². The van der Waals surface area contributed by atoms with Gasteiger partial charge in [0, 0.05) is 23.9 Å². The normalized spacial score (nSPS) is 17.5. The molecule has 1 saturated heterocycles. The second-order valence-electron chi connectivity index (χ2n) is 7.42. The summed E-state index contributed by atoms with van der Waals surface area (Å²) in [7, 11) is 0. The molecule has 2 aromatic carbocycles. The number of ether oxygens (including phenoxy) is 2. The Bertz CT molecular complexity index is 1080. The van der Waals surface area contributed by atoms with Gasteiger partial charge in [-0.05, 0) is 54.9 Å². The number of nitrogens with one attached hydrogen (secondary N) is 1. The fourth-order valence-electron chi connectivity index (χ4n) is 3.81. The van der Waals surface area contributed by atoms with Crippen LogP contribution in [0.1, 0.15) is 13.8 Å². The average molecular weight is 452 g/mol. The average Bonchev–Trinajstić information content (AvgIpc) is 3.23. The third-order valence-corrected chi connectivity index (χ3v) is 5.29. The summed E-state index contributed by atoms with van der Waals surface area (Å²) in [6, 6.07) is 14.5. The lowest BCUT2D eigenvalue weighted by Gasteiger charge is -2.27. The molecule has 0 saturated carbocycles. The first-order chi connectivity index (χ1) is 16.0. The van der Waals surface area contributed by atoms with E-state index < -0.39 is 24.0 Å². The summed E-state index contributed by atoms with van der Waals surface area (Å²) in [4.78, 5) is 41.3. The van der Waals surface area contributed by atoms with Gasteiger partial charge in [-0.1, -0.05) is 12.1 Å². The molecule has 1 unspecified atom stereocenters. The zero-order valence-corrected chi connectivity index (χ0v) is 18.6. The number of fused-ring (bicyclic) bond motifs is 1. The number of anilines is 2. The van der Waals surface area contributed by atoms with Gasteiger partial charge >= 0.3 is 11.8 Å². The van der Waals surface area contributed by atoms with Gasteiger partial charge in [0.25, 0.3) is 18.7 Å². The van der Waals surface area contributed by atoms with Gasteiger partial charge < -0.3 is 19.7 Å². The van der Waals surface area contributed by atoms with E-state index in [0.717, 1.165) is 16.1 Å². The fourth-order valence-corrected chi connectivity index (χ4v) is 3.81. The number of carbonyl (C=O) groups excluding carboxylic acids is 3. The maximum absolute atomic E-state index is 12.7. The summed E-state index contributed by atoms with van der Waals surface area (Å²) >= 11 is 0. The molecule has 33 heavy (non-hydrogen) atoms. The van der Waals surface area contributed by atoms with E-state index in [9.17, 15) is 14.4 Å². The number of para-hydroxylation sites is 2. The van der Waals surface area contributed by atoms with Crippen molar-refractivity contribution in [3.8, 4) is 11.5 Å². The minimum absolute atomic E-state index is 0.369. The summed E-state index contributed by atoms with van der Waals surface area (Å²) in [5, 5.41) is 7.15. The maximum atomic E-state index is 12.7. The van der Waals surface area contributed by atoms with Gasteiger partial charge in [-0.25, -0.2) is 4.79 Å². The summed E-state index contributed by atoms with van der Waals surface area (Å²) in [5.74, 6) is -0.713. The van der Waals surface area contributed by atoms with E-state index >= 15 is 0 Å². The molecule has 0 spiro atoms. The van der Waals surface area contributed by atoms with Gasteiger partial charge in [-0.2, -0.15) is 0 Å². The number of amides is 3. The van der Waals surface area contributed by atoms with E-state index in [1.165, 1.54) is 4.90 Å². The highest BCUT2D eigenvalue weighted by Gasteiger charge is 2.49. The number of hydrogen-bond acceptors (Lipinski definition) is 7. The molecule has 3 amide bonds. The molecule has 0 radical (unpaired) electrons. The van der Waals surface area contributed by atoms with Crippen molar-refractivity contribution in [2.75, 3.05) is 43.1 Å². The first-order valence-electron chi connectivity index (χ1n) is 10.9. The van der Waals surface area contributed by atoms with Crippen LogP contribution < -0.4 is 19.7 Å². The molecule has 10 nitrogen and oxygen atoms in total. The lowest BCUT2D eigenvalue weighted by atomic mass is 10.3. The van der Waals surface area contributed by atoms with Gasteiger partial charge in [-0.3, -0.25) is 14.5 Å². The Morgan fingerprint density at radius 1 is 1.03 bits per heavy atom. The molecule has 0 bridgehead atoms. The molecule has 0 aromatic heterocycles. The van der Waals surface area contributed by atoms with Crippen LogP contribution in [0.25, 0.3) is 0 Å². The second kappa shape index (κ2) is 9.68. The quantitative estimate of drug-likeness (QED) is 0.486. The first kappa shape index (κ1) is 22.3. The minimum Gasteiger partial charge on any atom is -0.494 e. The zero-order chi connectivity index (χ0) is 23.4. The highest BCUT2D eigenvalue weighted by molar-refractivity contribution is 6.32. The lowest BCUT2D eigenvalue weighted by Crippen LogP contribution is -2.52. The number of rotatable bonds is 8. The van der Waals surface area contributed by atoms with Crippen molar-refractivity contribution in [1.29, 1.82) is 0 Å². The highest BCUT2D eigenvalue weighted by atomic mass is 16.5. The number of benzene rings is 2. The molecule has 1 N–H and O–H groups in total. The van der Waals surface area contributed by atoms with Crippen molar-refractivity contribution >= 4 is 29.1 Å². The van der Waals surface area contributed by atoms with Crippen LogP contribution in [0.5, 0.6) is 11.5 Å². The summed E-state index contributed by atoms with van der Waals surface area (Å²) in [5.41, 5.74) is 1.32. The second-order valence-corrected chi connectivity index (χ2v) is 7.42. The van der Waals surface area contributed by atoms with Gasteiger partial charge in [0.2, 0.25) is 0 Å². The Kier molecular flexibility index (Phi) is 6.53. The van der Waals surface area contributed by atoms with Crippen LogP contribution in [0.4, 0.5) is 11.4 Å². The largest absolute Gasteiger partial charge is 0.502 e. The lowest BCUT2D eigenvalue weighted by molar-refractivity contribution is -0.509. The molecule has 1 atom stereocenters. The summed E-state index contributed by atoms with van der Waals surface area (Å²) in [6.45, 7) is 5.27. The standard InChI is InChI=1S/C23H25N5O5/c1-3-32-17-11-9-16(10-12-17)26-13-14-27-21(30)22(31)28(25-23(26)27)15-20(29)24-18-7-5-6-8-19(18)33-4-2/h5-12,23H,3-4,13-15H2,1-2H3/p+1. The Morgan fingerprint density at radius 3 is 2.45 bits per heavy atom. The van der Waals surface area contributed by atoms with Gasteiger partial charge in [-0.15, -0.1) is 0 Å². The molecule has 2 aliphatic rings. The molecule has 2 aliphatic heterocycles. The summed E-state index contributed by atoms with van der Waals surface area (Å²) in [6.07, 6.45) is -0.698. The van der Waals surface area contributed by atoms with E-state index in [-0.39, 0.29) is 6.54 Å². The maximum Gasteiger partial charge on any atom is 0.502 e. The Balaban J connectivity index is 1.52. The minimum atomic E-state index is -0.826. The molecule has 172 valence electrons. The van der Waals surface area contributed by atoms with Crippen LogP contribution in [0.15, 0.2) is 53.6 Å². The van der Waals surface area contributed by atoms with E-state index in [1.54, 1.807) is 24.3 Å². The monoisotopic (exact) mass is 452 g/mol. The molecule has 10 heteroatoms. The van der Waals surface area contributed by atoms with Crippen molar-refractivity contribution in [2.24, 2.45) is 5.11 Å². The molecular weight excluding hydrogens is 426 g/mol. The van der Waals surface area contributed by atoms with Gasteiger partial charge in [0.05, 0.1) is 18.9 Å². The van der Waals surface area contributed by atoms with Crippen molar-refractivity contribution in [3.63, 3.8) is 0 Å². The van der Waals surface area contributed by atoms with E-state index in [4.69, 9.17) is 9.47 Å². The smallest absolute Gasteiger partial charge is 0.494 e. The Morgan fingerprint density at radius 2 is 1.73 bits per heavy atom. The van der Waals surface area contributed by atoms with Gasteiger partial charge in [0.15, 0.2) is 0 Å². The molecule has 2 heterocycles. The van der Waals surface area contributed by atoms with Crippen molar-refractivity contribution in [2.45, 2.75) is 20.1 Å². The molecule has 4 rings (SSSR count). The van der Waals surface area contributed by atoms with Crippen LogP contribution in [0, 0.1) is 0 Å². The Labute approximate surface area is 191 Å². The third kappa shape index (κ3) is 4.64. The first-order valence-corrected chi connectivity index (χ1v) is 10.9. The van der Waals surface area contributed by atoms with Crippen molar-refractivity contribution < 1.29 is 28.6 Å².